The fourth-order valence-corrected chi connectivity index (χ4v) is 2.44. The SMILES string of the molecule is CCOC(=O)Nc1cccc(C(=O)OC(C)C(=O)Nc2cc(C)ccc2OC)c1. The minimum atomic E-state index is -1.05. The molecule has 0 heterocycles. The zero-order chi connectivity index (χ0) is 21.4. The predicted octanol–water partition coefficient (Wildman–Crippen LogP) is 3.76. The number of hydrogen-bond acceptors (Lipinski definition) is 6. The summed E-state index contributed by atoms with van der Waals surface area (Å²) in [7, 11) is 1.50. The maximum atomic E-state index is 12.4. The maximum Gasteiger partial charge on any atom is 0.411 e. The van der Waals surface area contributed by atoms with Crippen molar-refractivity contribution in [1.82, 2.24) is 0 Å². The molecule has 0 saturated heterocycles. The molecule has 0 bridgehead atoms. The van der Waals surface area contributed by atoms with Gasteiger partial charge in [-0.1, -0.05) is 12.1 Å². The molecule has 2 amide bonds. The van der Waals surface area contributed by atoms with E-state index in [-0.39, 0.29) is 12.2 Å². The molecule has 8 nitrogen and oxygen atoms in total. The number of amides is 2. The first kappa shape index (κ1) is 21.7. The highest BCUT2D eigenvalue weighted by Crippen LogP contribution is 2.25. The van der Waals surface area contributed by atoms with Gasteiger partial charge in [-0.3, -0.25) is 10.1 Å². The predicted molar refractivity (Wildman–Crippen MR) is 108 cm³/mol. The molecular weight excluding hydrogens is 376 g/mol. The maximum absolute atomic E-state index is 12.4. The van der Waals surface area contributed by atoms with Crippen LogP contribution in [0.2, 0.25) is 0 Å². The second kappa shape index (κ2) is 10.1. The molecule has 0 aliphatic heterocycles. The molecular formula is C21H24N2O6. The van der Waals surface area contributed by atoms with Gasteiger partial charge in [0.2, 0.25) is 0 Å². The van der Waals surface area contributed by atoms with Crippen LogP contribution in [0.4, 0.5) is 16.2 Å². The van der Waals surface area contributed by atoms with Gasteiger partial charge < -0.3 is 19.5 Å². The van der Waals surface area contributed by atoms with Crippen LogP contribution in [0.5, 0.6) is 5.75 Å². The quantitative estimate of drug-likeness (QED) is 0.686. The zero-order valence-electron chi connectivity index (χ0n) is 16.8. The summed E-state index contributed by atoms with van der Waals surface area (Å²) in [6.45, 7) is 5.27. The van der Waals surface area contributed by atoms with Gasteiger partial charge in [0, 0.05) is 5.69 Å². The molecule has 1 unspecified atom stereocenters. The summed E-state index contributed by atoms with van der Waals surface area (Å²) in [5.74, 6) is -0.695. The Hall–Kier alpha value is -3.55. The van der Waals surface area contributed by atoms with Crippen LogP contribution in [0, 0.1) is 6.92 Å². The number of methoxy groups -OCH3 is 1. The van der Waals surface area contributed by atoms with E-state index in [0.717, 1.165) is 5.56 Å². The number of anilines is 2. The number of nitrogens with one attached hydrogen (secondary N) is 2. The Bertz CT molecular complexity index is 896. The molecule has 2 N–H and O–H groups in total. The molecule has 0 aliphatic rings. The van der Waals surface area contributed by atoms with Gasteiger partial charge in [0.15, 0.2) is 6.10 Å². The molecule has 2 rings (SSSR count). The minimum Gasteiger partial charge on any atom is -0.495 e. The topological polar surface area (TPSA) is 103 Å². The number of hydrogen-bond donors (Lipinski definition) is 2. The Labute approximate surface area is 169 Å². The van der Waals surface area contributed by atoms with E-state index >= 15 is 0 Å². The van der Waals surface area contributed by atoms with Crippen LogP contribution in [-0.2, 0) is 14.3 Å². The first-order valence-corrected chi connectivity index (χ1v) is 9.04. The molecule has 2 aromatic rings. The normalized spacial score (nSPS) is 11.2. The number of benzene rings is 2. The van der Waals surface area contributed by atoms with Crippen molar-refractivity contribution in [3.05, 3.63) is 53.6 Å². The van der Waals surface area contributed by atoms with E-state index in [1.165, 1.54) is 26.2 Å². The molecule has 0 saturated carbocycles. The van der Waals surface area contributed by atoms with Crippen molar-refractivity contribution in [2.24, 2.45) is 0 Å². The number of carbonyl (C=O) groups excluding carboxylic acids is 3. The van der Waals surface area contributed by atoms with Crippen LogP contribution < -0.4 is 15.4 Å². The number of ether oxygens (including phenoxy) is 3. The second-order valence-corrected chi connectivity index (χ2v) is 6.17. The van der Waals surface area contributed by atoms with E-state index < -0.39 is 24.1 Å². The largest absolute Gasteiger partial charge is 0.495 e. The lowest BCUT2D eigenvalue weighted by Crippen LogP contribution is -2.30. The lowest BCUT2D eigenvalue weighted by atomic mass is 10.2. The number of carbonyl (C=O) groups is 3. The average Bonchev–Trinajstić information content (AvgIpc) is 2.68. The van der Waals surface area contributed by atoms with Crippen LogP contribution in [0.3, 0.4) is 0 Å². The summed E-state index contributed by atoms with van der Waals surface area (Å²) in [5, 5.41) is 5.20. The van der Waals surface area contributed by atoms with Crippen LogP contribution in [0.1, 0.15) is 29.8 Å². The minimum absolute atomic E-state index is 0.187. The molecule has 1 atom stereocenters. The van der Waals surface area contributed by atoms with Crippen LogP contribution >= 0.6 is 0 Å². The van der Waals surface area contributed by atoms with E-state index in [4.69, 9.17) is 14.2 Å². The van der Waals surface area contributed by atoms with Gasteiger partial charge >= 0.3 is 12.1 Å². The molecule has 0 radical (unpaired) electrons. The van der Waals surface area contributed by atoms with Gasteiger partial charge in [0.05, 0.1) is 25.0 Å². The lowest BCUT2D eigenvalue weighted by Gasteiger charge is -2.16. The molecule has 2 aromatic carbocycles. The number of aryl methyl sites for hydroxylation is 1. The third-order valence-corrected chi connectivity index (χ3v) is 3.89. The third kappa shape index (κ3) is 6.24. The van der Waals surface area contributed by atoms with Crippen molar-refractivity contribution in [3.8, 4) is 5.75 Å². The van der Waals surface area contributed by atoms with Crippen molar-refractivity contribution in [2.75, 3.05) is 24.4 Å². The first-order valence-electron chi connectivity index (χ1n) is 9.04. The molecule has 0 aliphatic carbocycles. The molecule has 154 valence electrons. The molecule has 0 aromatic heterocycles. The molecule has 8 heteroatoms. The van der Waals surface area contributed by atoms with Gasteiger partial charge in [0.1, 0.15) is 5.75 Å². The van der Waals surface area contributed by atoms with Gasteiger partial charge in [-0.05, 0) is 56.7 Å². The van der Waals surface area contributed by atoms with Crippen molar-refractivity contribution >= 4 is 29.3 Å². The Balaban J connectivity index is 2.02. The summed E-state index contributed by atoms with van der Waals surface area (Å²) in [5.41, 5.74) is 1.99. The zero-order valence-corrected chi connectivity index (χ0v) is 16.8. The van der Waals surface area contributed by atoms with E-state index in [1.54, 1.807) is 31.2 Å². The van der Waals surface area contributed by atoms with Crippen molar-refractivity contribution in [1.29, 1.82) is 0 Å². The Morgan fingerprint density at radius 1 is 1.07 bits per heavy atom. The van der Waals surface area contributed by atoms with Gasteiger partial charge in [-0.15, -0.1) is 0 Å². The standard InChI is InChI=1S/C21H24N2O6/c1-5-28-21(26)22-16-8-6-7-15(12-16)20(25)29-14(3)19(24)23-17-11-13(2)9-10-18(17)27-4/h6-12,14H,5H2,1-4H3,(H,22,26)(H,23,24). The van der Waals surface area contributed by atoms with Gasteiger partial charge in [-0.25, -0.2) is 9.59 Å². The molecule has 0 spiro atoms. The Kier molecular flexibility index (Phi) is 7.59. The summed E-state index contributed by atoms with van der Waals surface area (Å²) in [6, 6.07) is 11.5. The highest BCUT2D eigenvalue weighted by Gasteiger charge is 2.20. The lowest BCUT2D eigenvalue weighted by molar-refractivity contribution is -0.123. The van der Waals surface area contributed by atoms with Crippen molar-refractivity contribution in [2.45, 2.75) is 26.9 Å². The fourth-order valence-electron chi connectivity index (χ4n) is 2.44. The van der Waals surface area contributed by atoms with Crippen LogP contribution in [-0.4, -0.2) is 37.8 Å². The third-order valence-electron chi connectivity index (χ3n) is 3.89. The molecule has 0 fully saturated rings. The van der Waals surface area contributed by atoms with Crippen LogP contribution in [0.25, 0.3) is 0 Å². The fraction of sp³-hybridized carbons (Fsp3) is 0.286. The van der Waals surface area contributed by atoms with E-state index in [0.29, 0.717) is 17.1 Å². The average molecular weight is 400 g/mol. The smallest absolute Gasteiger partial charge is 0.411 e. The monoisotopic (exact) mass is 400 g/mol. The van der Waals surface area contributed by atoms with E-state index in [1.807, 2.05) is 13.0 Å². The summed E-state index contributed by atoms with van der Waals surface area (Å²) in [4.78, 5) is 36.3. The van der Waals surface area contributed by atoms with E-state index in [9.17, 15) is 14.4 Å². The van der Waals surface area contributed by atoms with Crippen molar-refractivity contribution < 1.29 is 28.6 Å². The highest BCUT2D eigenvalue weighted by molar-refractivity contribution is 5.98. The number of esters is 1. The van der Waals surface area contributed by atoms with Crippen molar-refractivity contribution in [3.63, 3.8) is 0 Å². The summed E-state index contributed by atoms with van der Waals surface area (Å²) in [6.07, 6.45) is -1.67. The number of rotatable bonds is 7. The Morgan fingerprint density at radius 2 is 1.83 bits per heavy atom. The second-order valence-electron chi connectivity index (χ2n) is 6.17. The van der Waals surface area contributed by atoms with Gasteiger partial charge in [-0.2, -0.15) is 0 Å². The van der Waals surface area contributed by atoms with Crippen LogP contribution in [0.15, 0.2) is 42.5 Å². The first-order chi connectivity index (χ1) is 13.8. The molecule has 29 heavy (non-hydrogen) atoms. The summed E-state index contributed by atoms with van der Waals surface area (Å²) >= 11 is 0. The summed E-state index contributed by atoms with van der Waals surface area (Å²) < 4.78 is 15.3. The van der Waals surface area contributed by atoms with E-state index in [2.05, 4.69) is 10.6 Å². The highest BCUT2D eigenvalue weighted by atomic mass is 16.6. The van der Waals surface area contributed by atoms with Gasteiger partial charge in [0.25, 0.3) is 5.91 Å². The Morgan fingerprint density at radius 3 is 2.52 bits per heavy atom.